The molecular weight excluding hydrogens is 274 g/mol. The Morgan fingerprint density at radius 2 is 2.14 bits per heavy atom. The van der Waals surface area contributed by atoms with Gasteiger partial charge in [-0.1, -0.05) is 0 Å². The minimum Gasteiger partial charge on any atom is -0.478 e. The van der Waals surface area contributed by atoms with E-state index in [1.807, 2.05) is 11.8 Å². The Kier molecular flexibility index (Phi) is 4.74. The highest BCUT2D eigenvalue weighted by Crippen LogP contribution is 2.29. The molecule has 0 amide bonds. The average molecular weight is 293 g/mol. The number of nitro benzene ring substituents is 1. The zero-order valence-electron chi connectivity index (χ0n) is 11.9. The van der Waals surface area contributed by atoms with Crippen LogP contribution in [0.5, 0.6) is 0 Å². The fraction of sp³-hybridized carbons (Fsp3) is 0.500. The van der Waals surface area contributed by atoms with Gasteiger partial charge in [0.1, 0.15) is 0 Å². The monoisotopic (exact) mass is 293 g/mol. The molecule has 0 saturated carbocycles. The molecule has 0 unspecified atom stereocenters. The number of non-ortho nitro benzene ring substituents is 1. The second-order valence-corrected chi connectivity index (χ2v) is 5.03. The van der Waals surface area contributed by atoms with Crippen molar-refractivity contribution in [1.29, 1.82) is 0 Å². The van der Waals surface area contributed by atoms with Gasteiger partial charge in [0.25, 0.3) is 5.69 Å². The van der Waals surface area contributed by atoms with Gasteiger partial charge in [-0.2, -0.15) is 0 Å². The number of anilines is 1. The van der Waals surface area contributed by atoms with Gasteiger partial charge in [-0.05, 0) is 38.9 Å². The van der Waals surface area contributed by atoms with Gasteiger partial charge >= 0.3 is 5.97 Å². The second-order valence-electron chi connectivity index (χ2n) is 5.03. The van der Waals surface area contributed by atoms with Gasteiger partial charge in [-0.15, -0.1) is 0 Å². The van der Waals surface area contributed by atoms with E-state index in [0.29, 0.717) is 12.2 Å². The molecule has 21 heavy (non-hydrogen) atoms. The summed E-state index contributed by atoms with van der Waals surface area (Å²) in [7, 11) is 0. The number of carbonyl (C=O) groups is 1. The molecular formula is C14H19N3O4. The van der Waals surface area contributed by atoms with Crippen molar-refractivity contribution in [3.8, 4) is 0 Å². The predicted octanol–water partition coefficient (Wildman–Crippen LogP) is 1.87. The zero-order chi connectivity index (χ0) is 15.4. The van der Waals surface area contributed by atoms with Crippen molar-refractivity contribution < 1.29 is 14.8 Å². The van der Waals surface area contributed by atoms with Gasteiger partial charge in [0.15, 0.2) is 0 Å². The molecule has 2 N–H and O–H groups in total. The lowest BCUT2D eigenvalue weighted by molar-refractivity contribution is -0.384. The first kappa shape index (κ1) is 15.2. The van der Waals surface area contributed by atoms with Crippen molar-refractivity contribution in [3.63, 3.8) is 0 Å². The van der Waals surface area contributed by atoms with Crippen LogP contribution in [-0.4, -0.2) is 41.7 Å². The highest BCUT2D eigenvalue weighted by Gasteiger charge is 2.25. The number of rotatable bonds is 5. The number of piperidine rings is 1. The van der Waals surface area contributed by atoms with Gasteiger partial charge in [0.05, 0.1) is 16.2 Å². The van der Waals surface area contributed by atoms with Crippen LogP contribution in [0.2, 0.25) is 0 Å². The molecule has 1 aromatic rings. The van der Waals surface area contributed by atoms with E-state index in [1.165, 1.54) is 18.2 Å². The first-order chi connectivity index (χ1) is 10.0. The molecule has 0 spiro atoms. The molecule has 1 saturated heterocycles. The number of hydrogen-bond donors (Lipinski definition) is 2. The summed E-state index contributed by atoms with van der Waals surface area (Å²) < 4.78 is 0. The lowest BCUT2D eigenvalue weighted by Gasteiger charge is -2.36. The van der Waals surface area contributed by atoms with Crippen LogP contribution in [0.15, 0.2) is 18.2 Å². The van der Waals surface area contributed by atoms with Crippen molar-refractivity contribution in [3.05, 3.63) is 33.9 Å². The van der Waals surface area contributed by atoms with E-state index in [9.17, 15) is 20.0 Å². The third kappa shape index (κ3) is 3.30. The Hall–Kier alpha value is -2.15. The van der Waals surface area contributed by atoms with Gasteiger partial charge < -0.3 is 15.3 Å². The number of benzene rings is 1. The number of aromatic carboxylic acids is 1. The van der Waals surface area contributed by atoms with Gasteiger partial charge in [0.2, 0.25) is 0 Å². The van der Waals surface area contributed by atoms with E-state index in [-0.39, 0.29) is 17.3 Å². The van der Waals surface area contributed by atoms with E-state index >= 15 is 0 Å². The second kappa shape index (κ2) is 6.53. The van der Waals surface area contributed by atoms with Crippen LogP contribution in [0.4, 0.5) is 11.4 Å². The van der Waals surface area contributed by atoms with Crippen LogP contribution in [0.3, 0.4) is 0 Å². The maximum Gasteiger partial charge on any atom is 0.337 e. The van der Waals surface area contributed by atoms with E-state index in [4.69, 9.17) is 0 Å². The molecule has 0 bridgehead atoms. The third-order valence-corrected chi connectivity index (χ3v) is 3.82. The molecule has 7 nitrogen and oxygen atoms in total. The Balaban J connectivity index is 2.43. The molecule has 0 atom stereocenters. The van der Waals surface area contributed by atoms with Gasteiger partial charge in [-0.25, -0.2) is 4.79 Å². The highest BCUT2D eigenvalue weighted by atomic mass is 16.6. The standard InChI is InChI=1S/C14H19N3O4/c1-2-16(10-5-7-15-8-6-10)13-9-11(17(20)21)3-4-12(13)14(18)19/h3-4,9-10,15H,2,5-8H2,1H3,(H,18,19). The maximum absolute atomic E-state index is 11.4. The van der Waals surface area contributed by atoms with E-state index in [1.54, 1.807) is 0 Å². The minimum absolute atomic E-state index is 0.0811. The Bertz CT molecular complexity index is 541. The summed E-state index contributed by atoms with van der Waals surface area (Å²) in [6, 6.07) is 4.13. The summed E-state index contributed by atoms with van der Waals surface area (Å²) in [6.07, 6.45) is 1.80. The first-order valence-corrected chi connectivity index (χ1v) is 7.03. The molecule has 1 fully saturated rings. The van der Waals surface area contributed by atoms with E-state index < -0.39 is 10.9 Å². The van der Waals surface area contributed by atoms with Crippen molar-refractivity contribution >= 4 is 17.3 Å². The summed E-state index contributed by atoms with van der Waals surface area (Å²) in [4.78, 5) is 23.8. The fourth-order valence-electron chi connectivity index (χ4n) is 2.80. The number of carboxylic acid groups (broad SMARTS) is 1. The Morgan fingerprint density at radius 1 is 1.48 bits per heavy atom. The summed E-state index contributed by atoms with van der Waals surface area (Å²) in [5.41, 5.74) is 0.467. The maximum atomic E-state index is 11.4. The van der Waals surface area contributed by atoms with E-state index in [2.05, 4.69) is 5.32 Å². The van der Waals surface area contributed by atoms with Crippen molar-refractivity contribution in [2.75, 3.05) is 24.5 Å². The first-order valence-electron chi connectivity index (χ1n) is 7.03. The van der Waals surface area contributed by atoms with Crippen LogP contribution in [0, 0.1) is 10.1 Å². The quantitative estimate of drug-likeness (QED) is 0.635. The van der Waals surface area contributed by atoms with Crippen molar-refractivity contribution in [2.45, 2.75) is 25.8 Å². The topological polar surface area (TPSA) is 95.7 Å². The Labute approximate surface area is 122 Å². The normalized spacial score (nSPS) is 15.7. The van der Waals surface area contributed by atoms with Crippen molar-refractivity contribution in [2.24, 2.45) is 0 Å². The molecule has 1 heterocycles. The van der Waals surface area contributed by atoms with Gasteiger partial charge in [-0.3, -0.25) is 10.1 Å². The molecule has 0 aromatic heterocycles. The molecule has 1 aliphatic rings. The number of carboxylic acids is 1. The lowest BCUT2D eigenvalue weighted by Crippen LogP contribution is -2.43. The van der Waals surface area contributed by atoms with Crippen LogP contribution in [-0.2, 0) is 0 Å². The summed E-state index contributed by atoms with van der Waals surface area (Å²) in [5.74, 6) is -1.06. The van der Waals surface area contributed by atoms with Crippen LogP contribution in [0.1, 0.15) is 30.1 Å². The van der Waals surface area contributed by atoms with Crippen LogP contribution < -0.4 is 10.2 Å². The number of nitrogens with one attached hydrogen (secondary N) is 1. The highest BCUT2D eigenvalue weighted by molar-refractivity contribution is 5.95. The predicted molar refractivity (Wildman–Crippen MR) is 79.0 cm³/mol. The third-order valence-electron chi connectivity index (χ3n) is 3.82. The molecule has 114 valence electrons. The minimum atomic E-state index is -1.06. The fourth-order valence-corrected chi connectivity index (χ4v) is 2.80. The molecule has 0 radical (unpaired) electrons. The number of hydrogen-bond acceptors (Lipinski definition) is 5. The Morgan fingerprint density at radius 3 is 2.67 bits per heavy atom. The lowest BCUT2D eigenvalue weighted by atomic mass is 10.0. The zero-order valence-corrected chi connectivity index (χ0v) is 11.9. The smallest absolute Gasteiger partial charge is 0.337 e. The average Bonchev–Trinajstić information content (AvgIpc) is 2.48. The number of nitro groups is 1. The van der Waals surface area contributed by atoms with Crippen molar-refractivity contribution in [1.82, 2.24) is 5.32 Å². The molecule has 1 aromatic carbocycles. The summed E-state index contributed by atoms with van der Waals surface area (Å²) >= 11 is 0. The molecule has 1 aliphatic heterocycles. The molecule has 7 heteroatoms. The summed E-state index contributed by atoms with van der Waals surface area (Å²) in [6.45, 7) is 4.30. The molecule has 0 aliphatic carbocycles. The molecule has 2 rings (SSSR count). The summed E-state index contributed by atoms with van der Waals surface area (Å²) in [5, 5.41) is 23.5. The van der Waals surface area contributed by atoms with Crippen LogP contribution in [0.25, 0.3) is 0 Å². The van der Waals surface area contributed by atoms with Gasteiger partial charge in [0, 0.05) is 24.7 Å². The van der Waals surface area contributed by atoms with E-state index in [0.717, 1.165) is 25.9 Å². The SMILES string of the molecule is CCN(c1cc([N+](=O)[O-])ccc1C(=O)O)C1CCNCC1. The number of nitrogens with zero attached hydrogens (tertiary/aromatic N) is 2. The van der Waals surface area contributed by atoms with Crippen LogP contribution >= 0.6 is 0 Å². The largest absolute Gasteiger partial charge is 0.478 e.